The Morgan fingerprint density at radius 1 is 1.18 bits per heavy atom. The predicted molar refractivity (Wildman–Crippen MR) is 114 cm³/mol. The SMILES string of the molecule is CCn1c(SCc2ccc(Cl)cc2)nnc1[C@@H](C)NC(=O)c1ccccc1C. The van der Waals surface area contributed by atoms with Crippen molar-refractivity contribution in [1.82, 2.24) is 20.1 Å². The molecule has 28 heavy (non-hydrogen) atoms. The summed E-state index contributed by atoms with van der Waals surface area (Å²) >= 11 is 7.56. The van der Waals surface area contributed by atoms with Gasteiger partial charge in [-0.3, -0.25) is 4.79 Å². The molecule has 7 heteroatoms. The van der Waals surface area contributed by atoms with E-state index in [9.17, 15) is 4.79 Å². The van der Waals surface area contributed by atoms with Crippen molar-refractivity contribution in [2.24, 2.45) is 0 Å². The highest BCUT2D eigenvalue weighted by Crippen LogP contribution is 2.25. The minimum absolute atomic E-state index is 0.105. The van der Waals surface area contributed by atoms with Crippen molar-refractivity contribution in [3.63, 3.8) is 0 Å². The summed E-state index contributed by atoms with van der Waals surface area (Å²) in [6.07, 6.45) is 0. The number of amides is 1. The zero-order chi connectivity index (χ0) is 20.1. The average Bonchev–Trinajstić information content (AvgIpc) is 3.11. The molecule has 0 aliphatic rings. The molecular weight excluding hydrogens is 392 g/mol. The highest BCUT2D eigenvalue weighted by molar-refractivity contribution is 7.98. The first kappa shape index (κ1) is 20.4. The number of carbonyl (C=O) groups excluding carboxylic acids is 1. The predicted octanol–water partition coefficient (Wildman–Crippen LogP) is 5.04. The number of thioether (sulfide) groups is 1. The minimum Gasteiger partial charge on any atom is -0.342 e. The van der Waals surface area contributed by atoms with Gasteiger partial charge < -0.3 is 9.88 Å². The van der Waals surface area contributed by atoms with Gasteiger partial charge in [0.25, 0.3) is 5.91 Å². The van der Waals surface area contributed by atoms with Crippen LogP contribution in [0.2, 0.25) is 5.02 Å². The van der Waals surface area contributed by atoms with E-state index in [2.05, 4.69) is 22.4 Å². The Bertz CT molecular complexity index is 955. The van der Waals surface area contributed by atoms with E-state index in [1.165, 1.54) is 5.56 Å². The first-order valence-electron chi connectivity index (χ1n) is 9.16. The van der Waals surface area contributed by atoms with Gasteiger partial charge in [0.15, 0.2) is 11.0 Å². The van der Waals surface area contributed by atoms with Gasteiger partial charge in [0.05, 0.1) is 6.04 Å². The van der Waals surface area contributed by atoms with Crippen LogP contribution in [-0.2, 0) is 12.3 Å². The number of hydrogen-bond donors (Lipinski definition) is 1. The third-order valence-electron chi connectivity index (χ3n) is 4.47. The van der Waals surface area contributed by atoms with Gasteiger partial charge in [-0.15, -0.1) is 10.2 Å². The van der Waals surface area contributed by atoms with Crippen molar-refractivity contribution in [3.05, 3.63) is 76.1 Å². The Labute approximate surface area is 174 Å². The van der Waals surface area contributed by atoms with Crippen molar-refractivity contribution in [2.75, 3.05) is 0 Å². The molecule has 0 aliphatic carbocycles. The van der Waals surface area contributed by atoms with Crippen molar-refractivity contribution >= 4 is 29.3 Å². The lowest BCUT2D eigenvalue weighted by molar-refractivity contribution is 0.0937. The number of aryl methyl sites for hydroxylation is 1. The van der Waals surface area contributed by atoms with Crippen molar-refractivity contribution in [2.45, 2.75) is 44.3 Å². The maximum atomic E-state index is 12.6. The van der Waals surface area contributed by atoms with Crippen LogP contribution < -0.4 is 5.32 Å². The van der Waals surface area contributed by atoms with E-state index in [4.69, 9.17) is 11.6 Å². The van der Waals surface area contributed by atoms with Crippen LogP contribution in [0.4, 0.5) is 0 Å². The number of aromatic nitrogens is 3. The van der Waals surface area contributed by atoms with E-state index < -0.39 is 0 Å². The number of nitrogens with one attached hydrogen (secondary N) is 1. The summed E-state index contributed by atoms with van der Waals surface area (Å²) in [5.74, 6) is 1.42. The van der Waals surface area contributed by atoms with Crippen molar-refractivity contribution in [1.29, 1.82) is 0 Å². The van der Waals surface area contributed by atoms with Gasteiger partial charge in [-0.05, 0) is 50.1 Å². The van der Waals surface area contributed by atoms with Crippen LogP contribution in [0, 0.1) is 6.92 Å². The number of carbonyl (C=O) groups is 1. The largest absolute Gasteiger partial charge is 0.342 e. The molecule has 1 aromatic heterocycles. The quantitative estimate of drug-likeness (QED) is 0.550. The van der Waals surface area contributed by atoms with Crippen LogP contribution in [0.15, 0.2) is 53.7 Å². The second kappa shape index (κ2) is 9.26. The lowest BCUT2D eigenvalue weighted by Gasteiger charge is -2.16. The third kappa shape index (κ3) is 4.75. The molecule has 0 spiro atoms. The fourth-order valence-corrected chi connectivity index (χ4v) is 4.01. The van der Waals surface area contributed by atoms with E-state index in [1.54, 1.807) is 11.8 Å². The first-order valence-corrected chi connectivity index (χ1v) is 10.5. The van der Waals surface area contributed by atoms with Crippen LogP contribution in [-0.4, -0.2) is 20.7 Å². The number of hydrogen-bond acceptors (Lipinski definition) is 4. The molecule has 1 amide bonds. The normalized spacial score (nSPS) is 12.0. The summed E-state index contributed by atoms with van der Waals surface area (Å²) in [6.45, 7) is 6.64. The Morgan fingerprint density at radius 2 is 1.89 bits per heavy atom. The molecule has 0 aliphatic heterocycles. The fourth-order valence-electron chi connectivity index (χ4n) is 2.92. The van der Waals surface area contributed by atoms with Crippen LogP contribution in [0.5, 0.6) is 0 Å². The topological polar surface area (TPSA) is 59.8 Å². The second-order valence-electron chi connectivity index (χ2n) is 6.51. The van der Waals surface area contributed by atoms with Gasteiger partial charge in [0, 0.05) is 22.9 Å². The summed E-state index contributed by atoms with van der Waals surface area (Å²) in [4.78, 5) is 12.6. The molecule has 0 radical (unpaired) electrons. The summed E-state index contributed by atoms with van der Waals surface area (Å²) in [6, 6.07) is 15.1. The van der Waals surface area contributed by atoms with E-state index in [0.717, 1.165) is 33.9 Å². The molecule has 1 atom stereocenters. The van der Waals surface area contributed by atoms with Crippen molar-refractivity contribution < 1.29 is 4.79 Å². The summed E-state index contributed by atoms with van der Waals surface area (Å²) < 4.78 is 2.05. The molecular formula is C21H23ClN4OS. The molecule has 0 saturated carbocycles. The van der Waals surface area contributed by atoms with Crippen LogP contribution in [0.3, 0.4) is 0 Å². The lowest BCUT2D eigenvalue weighted by atomic mass is 10.1. The Hall–Kier alpha value is -2.31. The Balaban J connectivity index is 1.70. The zero-order valence-electron chi connectivity index (χ0n) is 16.1. The van der Waals surface area contributed by atoms with E-state index in [0.29, 0.717) is 5.56 Å². The molecule has 3 aromatic rings. The Kier molecular flexibility index (Phi) is 6.75. The van der Waals surface area contributed by atoms with E-state index in [1.807, 2.05) is 66.9 Å². The zero-order valence-corrected chi connectivity index (χ0v) is 17.7. The second-order valence-corrected chi connectivity index (χ2v) is 7.89. The van der Waals surface area contributed by atoms with Crippen LogP contribution in [0.25, 0.3) is 0 Å². The summed E-state index contributed by atoms with van der Waals surface area (Å²) in [5.41, 5.74) is 2.79. The van der Waals surface area contributed by atoms with Crippen LogP contribution >= 0.6 is 23.4 Å². The molecule has 1 N–H and O–H groups in total. The van der Waals surface area contributed by atoms with Crippen LogP contribution in [0.1, 0.15) is 47.2 Å². The van der Waals surface area contributed by atoms with Gasteiger partial charge in [-0.2, -0.15) is 0 Å². The highest BCUT2D eigenvalue weighted by Gasteiger charge is 2.20. The monoisotopic (exact) mass is 414 g/mol. The van der Waals surface area contributed by atoms with Gasteiger partial charge >= 0.3 is 0 Å². The molecule has 0 fully saturated rings. The van der Waals surface area contributed by atoms with E-state index in [-0.39, 0.29) is 11.9 Å². The maximum Gasteiger partial charge on any atom is 0.252 e. The average molecular weight is 415 g/mol. The van der Waals surface area contributed by atoms with E-state index >= 15 is 0 Å². The molecule has 0 bridgehead atoms. The summed E-state index contributed by atoms with van der Waals surface area (Å²) in [7, 11) is 0. The van der Waals surface area contributed by atoms with Crippen molar-refractivity contribution in [3.8, 4) is 0 Å². The Morgan fingerprint density at radius 3 is 2.57 bits per heavy atom. The third-order valence-corrected chi connectivity index (χ3v) is 5.76. The maximum absolute atomic E-state index is 12.6. The molecule has 3 rings (SSSR count). The first-order chi connectivity index (χ1) is 13.5. The van der Waals surface area contributed by atoms with Gasteiger partial charge in [0.1, 0.15) is 0 Å². The molecule has 5 nitrogen and oxygen atoms in total. The smallest absolute Gasteiger partial charge is 0.252 e. The highest BCUT2D eigenvalue weighted by atomic mass is 35.5. The minimum atomic E-state index is -0.246. The molecule has 0 saturated heterocycles. The standard InChI is InChI=1S/C21H23ClN4OS/c1-4-26-19(15(3)23-20(27)18-8-6-5-7-14(18)2)24-25-21(26)28-13-16-9-11-17(22)12-10-16/h5-12,15H,4,13H2,1-3H3,(H,23,27)/t15-/m1/s1. The number of benzene rings is 2. The molecule has 146 valence electrons. The molecule has 1 heterocycles. The molecule has 0 unspecified atom stereocenters. The number of rotatable bonds is 7. The van der Waals surface area contributed by atoms with Gasteiger partial charge in [-0.25, -0.2) is 0 Å². The van der Waals surface area contributed by atoms with Gasteiger partial charge in [-0.1, -0.05) is 53.7 Å². The number of nitrogens with zero attached hydrogens (tertiary/aromatic N) is 3. The number of halogens is 1. The lowest BCUT2D eigenvalue weighted by Crippen LogP contribution is -2.29. The fraction of sp³-hybridized carbons (Fsp3) is 0.286. The molecule has 2 aromatic carbocycles. The van der Waals surface area contributed by atoms with Gasteiger partial charge in [0.2, 0.25) is 0 Å². The summed E-state index contributed by atoms with van der Waals surface area (Å²) in [5, 5.41) is 13.3.